The van der Waals surface area contributed by atoms with Crippen molar-refractivity contribution in [2.24, 2.45) is 5.73 Å². The molecule has 1 fully saturated rings. The Morgan fingerprint density at radius 2 is 2.30 bits per heavy atom. The summed E-state index contributed by atoms with van der Waals surface area (Å²) in [6, 6.07) is 3.18. The van der Waals surface area contributed by atoms with Gasteiger partial charge in [0, 0.05) is 23.8 Å². The summed E-state index contributed by atoms with van der Waals surface area (Å²) in [4.78, 5) is 13.8. The maximum Gasteiger partial charge on any atom is 0.290 e. The summed E-state index contributed by atoms with van der Waals surface area (Å²) in [6.07, 6.45) is 0. The average molecular weight is 318 g/mol. The SMILES string of the molecule is CCS(=O)(=O)C1CSCCN1C(=O)c1ccc(CN)o1. The summed E-state index contributed by atoms with van der Waals surface area (Å²) in [5.74, 6) is 1.43. The summed E-state index contributed by atoms with van der Waals surface area (Å²) in [7, 11) is -3.30. The quantitative estimate of drug-likeness (QED) is 0.878. The van der Waals surface area contributed by atoms with Gasteiger partial charge in [0.1, 0.15) is 11.1 Å². The second kappa shape index (κ2) is 6.19. The molecule has 2 heterocycles. The topological polar surface area (TPSA) is 93.6 Å². The highest BCUT2D eigenvalue weighted by molar-refractivity contribution is 8.01. The number of amides is 1. The van der Waals surface area contributed by atoms with E-state index in [0.29, 0.717) is 18.1 Å². The molecule has 0 bridgehead atoms. The molecule has 0 spiro atoms. The Kier molecular flexibility index (Phi) is 4.77. The molecule has 1 unspecified atom stereocenters. The average Bonchev–Trinajstić information content (AvgIpc) is 2.95. The van der Waals surface area contributed by atoms with E-state index in [2.05, 4.69) is 0 Å². The van der Waals surface area contributed by atoms with E-state index in [1.807, 2.05) is 0 Å². The highest BCUT2D eigenvalue weighted by atomic mass is 32.2. The fraction of sp³-hybridized carbons (Fsp3) is 0.583. The Balaban J connectivity index is 2.26. The second-order valence-corrected chi connectivity index (χ2v) is 8.05. The summed E-state index contributed by atoms with van der Waals surface area (Å²) >= 11 is 1.55. The van der Waals surface area contributed by atoms with Crippen molar-refractivity contribution >= 4 is 27.5 Å². The first-order valence-corrected chi connectivity index (χ1v) is 9.25. The minimum Gasteiger partial charge on any atom is -0.455 e. The molecule has 0 aromatic carbocycles. The van der Waals surface area contributed by atoms with Crippen LogP contribution in [0.25, 0.3) is 0 Å². The van der Waals surface area contributed by atoms with Crippen molar-refractivity contribution in [2.45, 2.75) is 18.8 Å². The van der Waals surface area contributed by atoms with Crippen LogP contribution in [0.1, 0.15) is 23.2 Å². The first-order chi connectivity index (χ1) is 9.49. The molecular formula is C12H18N2O4S2. The number of nitrogens with zero attached hydrogens (tertiary/aromatic N) is 1. The van der Waals surface area contributed by atoms with Gasteiger partial charge in [-0.05, 0) is 12.1 Å². The van der Waals surface area contributed by atoms with Gasteiger partial charge in [-0.25, -0.2) is 8.42 Å². The molecule has 0 saturated carbocycles. The summed E-state index contributed by atoms with van der Waals surface area (Å²) in [5, 5.41) is -0.773. The van der Waals surface area contributed by atoms with Crippen LogP contribution in [-0.4, -0.2) is 48.4 Å². The van der Waals surface area contributed by atoms with Gasteiger partial charge in [-0.2, -0.15) is 11.8 Å². The number of hydrogen-bond donors (Lipinski definition) is 1. The van der Waals surface area contributed by atoms with Gasteiger partial charge in [0.25, 0.3) is 5.91 Å². The lowest BCUT2D eigenvalue weighted by molar-refractivity contribution is 0.0715. The zero-order valence-electron chi connectivity index (χ0n) is 11.2. The molecule has 2 rings (SSSR count). The third kappa shape index (κ3) is 3.02. The van der Waals surface area contributed by atoms with Crippen LogP contribution in [0.4, 0.5) is 0 Å². The molecule has 0 radical (unpaired) electrons. The third-order valence-electron chi connectivity index (χ3n) is 3.24. The zero-order chi connectivity index (χ0) is 14.8. The number of thioether (sulfide) groups is 1. The second-order valence-electron chi connectivity index (χ2n) is 4.45. The Labute approximate surface area is 122 Å². The van der Waals surface area contributed by atoms with Crippen LogP contribution in [0.15, 0.2) is 16.5 Å². The monoisotopic (exact) mass is 318 g/mol. The lowest BCUT2D eigenvalue weighted by Gasteiger charge is -2.34. The van der Waals surface area contributed by atoms with E-state index in [1.165, 1.54) is 4.90 Å². The van der Waals surface area contributed by atoms with Crippen molar-refractivity contribution in [3.63, 3.8) is 0 Å². The highest BCUT2D eigenvalue weighted by Crippen LogP contribution is 2.24. The van der Waals surface area contributed by atoms with E-state index >= 15 is 0 Å². The van der Waals surface area contributed by atoms with Crippen LogP contribution in [0, 0.1) is 0 Å². The lowest BCUT2D eigenvalue weighted by Crippen LogP contribution is -2.50. The molecule has 1 amide bonds. The minimum absolute atomic E-state index is 0.0220. The molecule has 1 atom stereocenters. The number of sulfone groups is 1. The van der Waals surface area contributed by atoms with Crippen molar-refractivity contribution in [1.29, 1.82) is 0 Å². The van der Waals surface area contributed by atoms with Crippen LogP contribution >= 0.6 is 11.8 Å². The van der Waals surface area contributed by atoms with Crippen LogP contribution in [0.3, 0.4) is 0 Å². The molecule has 1 aliphatic rings. The maximum atomic E-state index is 12.4. The molecule has 1 aromatic rings. The Morgan fingerprint density at radius 3 is 2.90 bits per heavy atom. The molecule has 20 heavy (non-hydrogen) atoms. The predicted octanol–water partition coefficient (Wildman–Crippen LogP) is 0.688. The predicted molar refractivity (Wildman–Crippen MR) is 78.2 cm³/mol. The lowest BCUT2D eigenvalue weighted by atomic mass is 10.3. The Morgan fingerprint density at radius 1 is 1.55 bits per heavy atom. The Hall–Kier alpha value is -0.990. The molecule has 1 saturated heterocycles. The van der Waals surface area contributed by atoms with Crippen LogP contribution in [0.2, 0.25) is 0 Å². The number of hydrogen-bond acceptors (Lipinski definition) is 6. The number of nitrogens with two attached hydrogens (primary N) is 1. The van der Waals surface area contributed by atoms with Crippen molar-refractivity contribution in [2.75, 3.05) is 23.8 Å². The van der Waals surface area contributed by atoms with Crippen LogP contribution < -0.4 is 5.73 Å². The first kappa shape index (κ1) is 15.4. The third-order valence-corrected chi connectivity index (χ3v) is 6.52. The number of rotatable bonds is 4. The number of carbonyl (C=O) groups is 1. The first-order valence-electron chi connectivity index (χ1n) is 6.38. The van der Waals surface area contributed by atoms with E-state index in [1.54, 1.807) is 30.8 Å². The van der Waals surface area contributed by atoms with Crippen molar-refractivity contribution < 1.29 is 17.6 Å². The van der Waals surface area contributed by atoms with Gasteiger partial charge in [0.15, 0.2) is 15.6 Å². The summed E-state index contributed by atoms with van der Waals surface area (Å²) in [6.45, 7) is 2.21. The minimum atomic E-state index is -3.30. The Bertz CT molecular complexity index is 582. The van der Waals surface area contributed by atoms with E-state index in [0.717, 1.165) is 5.75 Å². The van der Waals surface area contributed by atoms with Gasteiger partial charge < -0.3 is 15.1 Å². The molecule has 1 aromatic heterocycles. The van der Waals surface area contributed by atoms with Gasteiger partial charge >= 0.3 is 0 Å². The highest BCUT2D eigenvalue weighted by Gasteiger charge is 2.37. The molecular weight excluding hydrogens is 300 g/mol. The van der Waals surface area contributed by atoms with Gasteiger partial charge in [0.05, 0.1) is 6.54 Å². The van der Waals surface area contributed by atoms with Gasteiger partial charge in [-0.15, -0.1) is 0 Å². The van der Waals surface area contributed by atoms with E-state index in [4.69, 9.17) is 10.2 Å². The van der Waals surface area contributed by atoms with E-state index < -0.39 is 15.2 Å². The maximum absolute atomic E-state index is 12.4. The van der Waals surface area contributed by atoms with Crippen molar-refractivity contribution in [3.05, 3.63) is 23.7 Å². The van der Waals surface area contributed by atoms with Crippen molar-refractivity contribution in [3.8, 4) is 0 Å². The van der Waals surface area contributed by atoms with Gasteiger partial charge in [-0.1, -0.05) is 6.92 Å². The smallest absolute Gasteiger partial charge is 0.290 e. The number of carbonyl (C=O) groups excluding carboxylic acids is 1. The molecule has 1 aliphatic heterocycles. The fourth-order valence-electron chi connectivity index (χ4n) is 2.05. The molecule has 2 N–H and O–H groups in total. The van der Waals surface area contributed by atoms with Crippen molar-refractivity contribution in [1.82, 2.24) is 4.90 Å². The molecule has 6 nitrogen and oxygen atoms in total. The van der Waals surface area contributed by atoms with Crippen LogP contribution in [0.5, 0.6) is 0 Å². The molecule has 8 heteroatoms. The molecule has 0 aliphatic carbocycles. The summed E-state index contributed by atoms with van der Waals surface area (Å²) in [5.41, 5.74) is 5.44. The van der Waals surface area contributed by atoms with E-state index in [9.17, 15) is 13.2 Å². The summed E-state index contributed by atoms with van der Waals surface area (Å²) < 4.78 is 29.5. The van der Waals surface area contributed by atoms with Crippen LogP contribution in [-0.2, 0) is 16.4 Å². The standard InChI is InChI=1S/C12H18N2O4S2/c1-2-20(16,17)11-8-19-6-5-14(11)12(15)10-4-3-9(7-13)18-10/h3-4,11H,2,5-8,13H2,1H3. The number of furan rings is 1. The van der Waals surface area contributed by atoms with Gasteiger partial charge in [0.2, 0.25) is 0 Å². The largest absolute Gasteiger partial charge is 0.455 e. The molecule has 112 valence electrons. The normalized spacial score (nSPS) is 20.1. The van der Waals surface area contributed by atoms with E-state index in [-0.39, 0.29) is 24.0 Å². The van der Waals surface area contributed by atoms with Gasteiger partial charge in [-0.3, -0.25) is 4.79 Å². The zero-order valence-corrected chi connectivity index (χ0v) is 12.9. The fourth-order valence-corrected chi connectivity index (χ4v) is 5.01.